The first kappa shape index (κ1) is 22.5. The highest BCUT2D eigenvalue weighted by molar-refractivity contribution is 5.63. The molecule has 0 aliphatic carbocycles. The Kier molecular flexibility index (Phi) is 8.78. The number of aliphatic hydroxyl groups is 1. The summed E-state index contributed by atoms with van der Waals surface area (Å²) in [4.78, 5) is 9.00. The van der Waals surface area contributed by atoms with E-state index in [2.05, 4.69) is 18.3 Å². The number of phenols is 1. The molecule has 0 aliphatic rings. The Labute approximate surface area is 160 Å². The zero-order valence-electron chi connectivity index (χ0n) is 16.4. The molecule has 148 valence electrons. The molecule has 2 aromatic carbocycles. The molecule has 0 bridgehead atoms. The Hall–Kier alpha value is -2.57. The van der Waals surface area contributed by atoms with Crippen molar-refractivity contribution >= 4 is 11.7 Å². The van der Waals surface area contributed by atoms with E-state index in [-0.39, 0.29) is 11.8 Å². The number of hydrogen-bond donors (Lipinski definition) is 5. The molecule has 0 heterocycles. The van der Waals surface area contributed by atoms with Crippen LogP contribution in [-0.2, 0) is 11.2 Å². The molecular weight excluding hydrogens is 344 g/mol. The van der Waals surface area contributed by atoms with E-state index in [9.17, 15) is 10.2 Å². The number of phenolic OH excluding ortho intramolecular Hbond substituents is 1. The van der Waals surface area contributed by atoms with Crippen molar-refractivity contribution < 1.29 is 20.1 Å². The number of carbonyl (C=O) groups is 1. The van der Waals surface area contributed by atoms with Crippen molar-refractivity contribution in [3.05, 3.63) is 58.7 Å². The van der Waals surface area contributed by atoms with Crippen LogP contribution in [0.25, 0.3) is 0 Å². The standard InChI is InChI=1S/C19H26N2O2.C2H4O2/c1-12-11-18(20)13(2)10-16(12)8-9-21-14(3)19(23)15-4-6-17(22)7-5-15;1-2(3)4/h4-7,10-11,14,19,21-23H,8-9,20H2,1-3H3;1H3,(H,3,4)/t14-,19-;/m0./s1. The third-order valence-corrected chi connectivity index (χ3v) is 4.29. The van der Waals surface area contributed by atoms with E-state index in [1.54, 1.807) is 24.3 Å². The van der Waals surface area contributed by atoms with E-state index < -0.39 is 12.1 Å². The van der Waals surface area contributed by atoms with Gasteiger partial charge in [-0.2, -0.15) is 0 Å². The number of carboxylic acids is 1. The van der Waals surface area contributed by atoms with Crippen molar-refractivity contribution in [2.75, 3.05) is 12.3 Å². The third-order valence-electron chi connectivity index (χ3n) is 4.29. The minimum Gasteiger partial charge on any atom is -0.508 e. The van der Waals surface area contributed by atoms with Crippen LogP contribution in [0.3, 0.4) is 0 Å². The molecule has 2 atom stereocenters. The van der Waals surface area contributed by atoms with Crippen LogP contribution in [0.5, 0.6) is 5.75 Å². The van der Waals surface area contributed by atoms with Gasteiger partial charge in [-0.25, -0.2) is 0 Å². The molecule has 0 saturated heterocycles. The lowest BCUT2D eigenvalue weighted by atomic mass is 10.0. The normalized spacial score (nSPS) is 12.6. The molecule has 0 spiro atoms. The lowest BCUT2D eigenvalue weighted by molar-refractivity contribution is -0.134. The summed E-state index contributed by atoms with van der Waals surface area (Å²) < 4.78 is 0. The van der Waals surface area contributed by atoms with Crippen molar-refractivity contribution in [3.8, 4) is 5.75 Å². The number of hydrogen-bond acceptors (Lipinski definition) is 5. The number of carboxylic acid groups (broad SMARTS) is 1. The molecule has 6 N–H and O–H groups in total. The first-order valence-electron chi connectivity index (χ1n) is 8.87. The molecule has 0 aliphatic heterocycles. The first-order valence-corrected chi connectivity index (χ1v) is 8.87. The minimum atomic E-state index is -0.833. The average molecular weight is 374 g/mol. The van der Waals surface area contributed by atoms with Gasteiger partial charge in [0, 0.05) is 18.7 Å². The largest absolute Gasteiger partial charge is 0.508 e. The number of aliphatic carboxylic acids is 1. The number of aliphatic hydroxyl groups excluding tert-OH is 1. The van der Waals surface area contributed by atoms with Crippen LogP contribution in [0.2, 0.25) is 0 Å². The van der Waals surface area contributed by atoms with E-state index in [4.69, 9.17) is 15.6 Å². The zero-order chi connectivity index (χ0) is 20.6. The lowest BCUT2D eigenvalue weighted by Crippen LogP contribution is -2.33. The quantitative estimate of drug-likeness (QED) is 0.497. The van der Waals surface area contributed by atoms with Crippen LogP contribution < -0.4 is 11.1 Å². The zero-order valence-corrected chi connectivity index (χ0v) is 16.4. The predicted octanol–water partition coefficient (Wildman–Crippen LogP) is 2.94. The lowest BCUT2D eigenvalue weighted by Gasteiger charge is -2.21. The summed E-state index contributed by atoms with van der Waals surface area (Å²) >= 11 is 0. The number of rotatable bonds is 6. The van der Waals surface area contributed by atoms with Crippen LogP contribution in [0, 0.1) is 13.8 Å². The number of nitrogens with two attached hydrogens (primary N) is 1. The summed E-state index contributed by atoms with van der Waals surface area (Å²) in [6.07, 6.45) is 0.282. The number of benzene rings is 2. The molecule has 2 rings (SSSR count). The highest BCUT2D eigenvalue weighted by Crippen LogP contribution is 2.20. The second kappa shape index (κ2) is 10.5. The van der Waals surface area contributed by atoms with E-state index in [1.807, 2.05) is 19.9 Å². The summed E-state index contributed by atoms with van der Waals surface area (Å²) in [5, 5.41) is 30.4. The first-order chi connectivity index (χ1) is 12.6. The molecular formula is C21H30N2O4. The van der Waals surface area contributed by atoms with Gasteiger partial charge in [0.1, 0.15) is 5.75 Å². The van der Waals surface area contributed by atoms with Crippen molar-refractivity contribution in [1.29, 1.82) is 0 Å². The summed E-state index contributed by atoms with van der Waals surface area (Å²) in [6.45, 7) is 7.90. The van der Waals surface area contributed by atoms with Crippen molar-refractivity contribution in [1.82, 2.24) is 5.32 Å². The maximum Gasteiger partial charge on any atom is 0.300 e. The molecule has 0 saturated carbocycles. The number of nitrogen functional groups attached to an aromatic ring is 1. The second-order valence-corrected chi connectivity index (χ2v) is 6.68. The number of aromatic hydroxyl groups is 1. The third kappa shape index (κ3) is 7.68. The summed E-state index contributed by atoms with van der Waals surface area (Å²) in [7, 11) is 0. The predicted molar refractivity (Wildman–Crippen MR) is 108 cm³/mol. The van der Waals surface area contributed by atoms with Gasteiger partial charge in [0.25, 0.3) is 5.97 Å². The van der Waals surface area contributed by atoms with Gasteiger partial charge < -0.3 is 26.4 Å². The molecule has 6 nitrogen and oxygen atoms in total. The van der Waals surface area contributed by atoms with Crippen LogP contribution in [0.4, 0.5) is 5.69 Å². The number of anilines is 1. The van der Waals surface area contributed by atoms with Crippen LogP contribution >= 0.6 is 0 Å². The van der Waals surface area contributed by atoms with E-state index >= 15 is 0 Å². The van der Waals surface area contributed by atoms with Crippen molar-refractivity contribution in [2.24, 2.45) is 0 Å². The summed E-state index contributed by atoms with van der Waals surface area (Å²) in [5.41, 5.74) is 11.1. The molecule has 2 aromatic rings. The molecule has 0 radical (unpaired) electrons. The fourth-order valence-electron chi connectivity index (χ4n) is 2.67. The smallest absolute Gasteiger partial charge is 0.300 e. The SMILES string of the molecule is CC(=O)O.Cc1cc(CCN[C@@H](C)[C@H](O)c2ccc(O)cc2)c(C)cc1N. The van der Waals surface area contributed by atoms with Crippen LogP contribution in [0.1, 0.15) is 42.2 Å². The van der Waals surface area contributed by atoms with Gasteiger partial charge >= 0.3 is 0 Å². The summed E-state index contributed by atoms with van der Waals surface area (Å²) in [6, 6.07) is 10.7. The number of aryl methyl sites for hydroxylation is 2. The molecule has 0 fully saturated rings. The Morgan fingerprint density at radius 1 is 1.15 bits per heavy atom. The van der Waals surface area contributed by atoms with E-state index in [1.165, 1.54) is 11.1 Å². The highest BCUT2D eigenvalue weighted by atomic mass is 16.4. The molecule has 27 heavy (non-hydrogen) atoms. The van der Waals surface area contributed by atoms with Crippen molar-refractivity contribution in [2.45, 2.75) is 46.3 Å². The Balaban J connectivity index is 0.000000828. The monoisotopic (exact) mass is 374 g/mol. The molecule has 0 aromatic heterocycles. The molecule has 0 unspecified atom stereocenters. The van der Waals surface area contributed by atoms with Gasteiger partial charge in [-0.15, -0.1) is 0 Å². The maximum absolute atomic E-state index is 10.4. The van der Waals surface area contributed by atoms with Gasteiger partial charge in [-0.1, -0.05) is 18.2 Å². The fourth-order valence-corrected chi connectivity index (χ4v) is 2.67. The van der Waals surface area contributed by atoms with E-state index in [0.717, 1.165) is 36.7 Å². The summed E-state index contributed by atoms with van der Waals surface area (Å²) in [5.74, 6) is -0.629. The van der Waals surface area contributed by atoms with Crippen LogP contribution in [0.15, 0.2) is 36.4 Å². The second-order valence-electron chi connectivity index (χ2n) is 6.68. The van der Waals surface area contributed by atoms with E-state index in [0.29, 0.717) is 0 Å². The topological polar surface area (TPSA) is 116 Å². The Bertz CT molecular complexity index is 741. The molecule has 0 amide bonds. The van der Waals surface area contributed by atoms with Gasteiger partial charge in [-0.3, -0.25) is 4.79 Å². The van der Waals surface area contributed by atoms with Gasteiger partial charge in [0.15, 0.2) is 0 Å². The minimum absolute atomic E-state index is 0.0743. The highest BCUT2D eigenvalue weighted by Gasteiger charge is 2.15. The van der Waals surface area contributed by atoms with Gasteiger partial charge in [0.2, 0.25) is 0 Å². The average Bonchev–Trinajstić information content (AvgIpc) is 2.58. The van der Waals surface area contributed by atoms with Crippen LogP contribution in [-0.4, -0.2) is 33.9 Å². The number of nitrogens with one attached hydrogen (secondary N) is 1. The molecule has 6 heteroatoms. The van der Waals surface area contributed by atoms with Crippen molar-refractivity contribution in [3.63, 3.8) is 0 Å². The Morgan fingerprint density at radius 3 is 2.26 bits per heavy atom. The van der Waals surface area contributed by atoms with Gasteiger partial charge in [0.05, 0.1) is 6.10 Å². The Morgan fingerprint density at radius 2 is 1.70 bits per heavy atom. The maximum atomic E-state index is 10.4. The fraction of sp³-hybridized carbons (Fsp3) is 0.381. The van der Waals surface area contributed by atoms with Gasteiger partial charge in [-0.05, 0) is 74.2 Å².